The average molecular weight is 215 g/mol. The maximum absolute atomic E-state index is 11.5. The molecule has 0 radical (unpaired) electrons. The zero-order chi connectivity index (χ0) is 12.0. The Kier molecular flexibility index (Phi) is 4.65. The molecule has 0 aliphatic heterocycles. The predicted octanol–water partition coefficient (Wildman–Crippen LogP) is 3.37. The van der Waals surface area contributed by atoms with Crippen LogP contribution in [0.1, 0.15) is 26.2 Å². The number of allylic oxidation sites excluding steroid dienone is 7. The molecule has 0 aromatic rings. The third-order valence-corrected chi connectivity index (χ3v) is 2.41. The van der Waals surface area contributed by atoms with E-state index in [0.717, 1.165) is 17.6 Å². The van der Waals surface area contributed by atoms with E-state index in [-0.39, 0.29) is 12.2 Å². The summed E-state index contributed by atoms with van der Waals surface area (Å²) in [6.07, 6.45) is 11.1. The average Bonchev–Trinajstić information content (AvgIpc) is 2.54. The Morgan fingerprint density at radius 1 is 1.62 bits per heavy atom. The van der Waals surface area contributed by atoms with Crippen molar-refractivity contribution in [1.82, 2.24) is 0 Å². The number of rotatable bonds is 5. The maximum Gasteiger partial charge on any atom is 0.165 e. The van der Waals surface area contributed by atoms with Crippen LogP contribution in [-0.4, -0.2) is 11.5 Å². The van der Waals surface area contributed by atoms with Gasteiger partial charge < -0.3 is 5.41 Å². The first-order chi connectivity index (χ1) is 7.67. The molecule has 1 N–H and O–H groups in total. The topological polar surface area (TPSA) is 40.9 Å². The van der Waals surface area contributed by atoms with Gasteiger partial charge >= 0.3 is 0 Å². The minimum absolute atomic E-state index is 0.0837. The standard InChI is InChI=1S/C14H17NO/c1-3-5-7-11(6-4-2)8-12-9-13(15)10-14(12)16/h3-5,7,9,15H,2,6,8,10H2,1H3/b5-3?,11-7+,15-13?. The molecule has 0 bridgehead atoms. The Morgan fingerprint density at radius 2 is 2.38 bits per heavy atom. The van der Waals surface area contributed by atoms with E-state index in [1.807, 2.05) is 31.2 Å². The number of hydrogen-bond donors (Lipinski definition) is 1. The zero-order valence-electron chi connectivity index (χ0n) is 9.62. The van der Waals surface area contributed by atoms with E-state index in [1.165, 1.54) is 0 Å². The number of nitrogens with one attached hydrogen (secondary N) is 1. The zero-order valence-corrected chi connectivity index (χ0v) is 9.62. The summed E-state index contributed by atoms with van der Waals surface area (Å²) in [4.78, 5) is 11.5. The van der Waals surface area contributed by atoms with Gasteiger partial charge in [0.05, 0.1) is 6.42 Å². The molecule has 0 amide bonds. The first kappa shape index (κ1) is 12.4. The van der Waals surface area contributed by atoms with E-state index in [9.17, 15) is 4.79 Å². The molecule has 84 valence electrons. The first-order valence-corrected chi connectivity index (χ1v) is 5.40. The molecule has 0 fully saturated rings. The number of carbonyl (C=O) groups excluding carboxylic acids is 1. The van der Waals surface area contributed by atoms with Crippen molar-refractivity contribution in [3.8, 4) is 0 Å². The quantitative estimate of drug-likeness (QED) is 0.554. The van der Waals surface area contributed by atoms with E-state index in [0.29, 0.717) is 12.1 Å². The summed E-state index contributed by atoms with van der Waals surface area (Å²) < 4.78 is 0. The smallest absolute Gasteiger partial charge is 0.165 e. The van der Waals surface area contributed by atoms with Gasteiger partial charge in [-0.1, -0.05) is 29.9 Å². The Hall–Kier alpha value is -1.70. The monoisotopic (exact) mass is 215 g/mol. The molecular weight excluding hydrogens is 198 g/mol. The fraction of sp³-hybridized carbons (Fsp3) is 0.286. The largest absolute Gasteiger partial charge is 0.305 e. The molecule has 0 spiro atoms. The lowest BCUT2D eigenvalue weighted by molar-refractivity contribution is -0.114. The second-order valence-corrected chi connectivity index (χ2v) is 3.82. The van der Waals surface area contributed by atoms with Crippen LogP contribution in [0.5, 0.6) is 0 Å². The van der Waals surface area contributed by atoms with Crippen LogP contribution in [-0.2, 0) is 4.79 Å². The van der Waals surface area contributed by atoms with Crippen LogP contribution in [0, 0.1) is 5.41 Å². The van der Waals surface area contributed by atoms with Crippen molar-refractivity contribution in [2.45, 2.75) is 26.2 Å². The van der Waals surface area contributed by atoms with Gasteiger partial charge in [-0.2, -0.15) is 0 Å². The van der Waals surface area contributed by atoms with Crippen LogP contribution in [0.3, 0.4) is 0 Å². The number of hydrogen-bond acceptors (Lipinski definition) is 2. The van der Waals surface area contributed by atoms with Crippen molar-refractivity contribution >= 4 is 11.5 Å². The molecule has 2 nitrogen and oxygen atoms in total. The normalized spacial score (nSPS) is 17.1. The fourth-order valence-electron chi connectivity index (χ4n) is 1.64. The summed E-state index contributed by atoms with van der Waals surface area (Å²) in [5.41, 5.74) is 2.33. The van der Waals surface area contributed by atoms with Gasteiger partial charge in [0.2, 0.25) is 0 Å². The van der Waals surface area contributed by atoms with E-state index in [4.69, 9.17) is 5.41 Å². The molecule has 0 heterocycles. The molecule has 0 aromatic heterocycles. The molecule has 0 atom stereocenters. The van der Waals surface area contributed by atoms with Crippen LogP contribution in [0.25, 0.3) is 0 Å². The Bertz CT molecular complexity index is 397. The maximum atomic E-state index is 11.5. The highest BCUT2D eigenvalue weighted by molar-refractivity contribution is 6.20. The number of ketones is 1. The molecule has 1 rings (SSSR count). The van der Waals surface area contributed by atoms with Gasteiger partial charge in [0.15, 0.2) is 5.78 Å². The van der Waals surface area contributed by atoms with E-state index < -0.39 is 0 Å². The van der Waals surface area contributed by atoms with Crippen LogP contribution >= 0.6 is 0 Å². The summed E-state index contributed by atoms with van der Waals surface area (Å²) in [6.45, 7) is 5.66. The second kappa shape index (κ2) is 6.01. The lowest BCUT2D eigenvalue weighted by Crippen LogP contribution is -1.98. The Morgan fingerprint density at radius 3 is 2.88 bits per heavy atom. The van der Waals surface area contributed by atoms with Crippen LogP contribution in [0.4, 0.5) is 0 Å². The highest BCUT2D eigenvalue weighted by atomic mass is 16.1. The summed E-state index contributed by atoms with van der Waals surface area (Å²) in [7, 11) is 0. The fourth-order valence-corrected chi connectivity index (χ4v) is 1.64. The Labute approximate surface area is 96.6 Å². The number of Topliss-reactive ketones (excluding diaryl/α,β-unsaturated/α-hetero) is 1. The number of carbonyl (C=O) groups is 1. The lowest BCUT2D eigenvalue weighted by Gasteiger charge is -2.03. The van der Waals surface area contributed by atoms with Gasteiger partial charge in [-0.15, -0.1) is 6.58 Å². The van der Waals surface area contributed by atoms with E-state index in [1.54, 1.807) is 6.08 Å². The van der Waals surface area contributed by atoms with Crippen molar-refractivity contribution in [2.24, 2.45) is 0 Å². The van der Waals surface area contributed by atoms with Crippen LogP contribution in [0.2, 0.25) is 0 Å². The minimum Gasteiger partial charge on any atom is -0.305 e. The first-order valence-electron chi connectivity index (χ1n) is 5.40. The van der Waals surface area contributed by atoms with Crippen molar-refractivity contribution in [1.29, 1.82) is 5.41 Å². The third kappa shape index (κ3) is 3.46. The van der Waals surface area contributed by atoms with Crippen LogP contribution < -0.4 is 0 Å². The van der Waals surface area contributed by atoms with Crippen LogP contribution in [0.15, 0.2) is 48.1 Å². The predicted molar refractivity (Wildman–Crippen MR) is 67.8 cm³/mol. The van der Waals surface area contributed by atoms with Crippen molar-refractivity contribution in [3.63, 3.8) is 0 Å². The molecule has 0 saturated carbocycles. The molecule has 0 aromatic carbocycles. The Balaban J connectivity index is 2.76. The molecule has 16 heavy (non-hydrogen) atoms. The molecule has 2 heteroatoms. The SMILES string of the molecule is C=CC/C(=C\C=CC)CC1=CC(=N)CC1=O. The second-order valence-electron chi connectivity index (χ2n) is 3.82. The molecule has 1 aliphatic carbocycles. The summed E-state index contributed by atoms with van der Waals surface area (Å²) in [5.74, 6) is 0.0837. The minimum atomic E-state index is 0.0837. The molecule has 0 saturated heterocycles. The van der Waals surface area contributed by atoms with Gasteiger partial charge in [-0.25, -0.2) is 0 Å². The molecular formula is C14H17NO. The van der Waals surface area contributed by atoms with E-state index >= 15 is 0 Å². The lowest BCUT2D eigenvalue weighted by atomic mass is 10.0. The molecule has 0 unspecified atom stereocenters. The van der Waals surface area contributed by atoms with Gasteiger partial charge in [0.25, 0.3) is 0 Å². The van der Waals surface area contributed by atoms with Crippen molar-refractivity contribution in [3.05, 3.63) is 48.1 Å². The van der Waals surface area contributed by atoms with Gasteiger partial charge in [-0.3, -0.25) is 4.79 Å². The summed E-state index contributed by atoms with van der Waals surface area (Å²) in [6, 6.07) is 0. The highest BCUT2D eigenvalue weighted by Crippen LogP contribution is 2.21. The van der Waals surface area contributed by atoms with Gasteiger partial charge in [0.1, 0.15) is 0 Å². The van der Waals surface area contributed by atoms with E-state index in [2.05, 4.69) is 6.58 Å². The van der Waals surface area contributed by atoms with Gasteiger partial charge in [0, 0.05) is 11.3 Å². The van der Waals surface area contributed by atoms with Gasteiger partial charge in [-0.05, 0) is 25.8 Å². The molecule has 1 aliphatic rings. The summed E-state index contributed by atoms with van der Waals surface area (Å²) >= 11 is 0. The highest BCUT2D eigenvalue weighted by Gasteiger charge is 2.19. The van der Waals surface area contributed by atoms with Crippen molar-refractivity contribution < 1.29 is 4.79 Å². The third-order valence-electron chi connectivity index (χ3n) is 2.41. The van der Waals surface area contributed by atoms with Crippen molar-refractivity contribution in [2.75, 3.05) is 0 Å². The summed E-state index contributed by atoms with van der Waals surface area (Å²) in [5, 5.41) is 7.44.